The van der Waals surface area contributed by atoms with E-state index < -0.39 is 12.0 Å². The summed E-state index contributed by atoms with van der Waals surface area (Å²) >= 11 is 0. The van der Waals surface area contributed by atoms with Crippen molar-refractivity contribution in [3.05, 3.63) is 34.9 Å². The van der Waals surface area contributed by atoms with Gasteiger partial charge in [0.1, 0.15) is 6.04 Å². The van der Waals surface area contributed by atoms with Crippen LogP contribution in [0.25, 0.3) is 0 Å². The van der Waals surface area contributed by atoms with Crippen molar-refractivity contribution in [1.82, 2.24) is 0 Å². The highest BCUT2D eigenvalue weighted by atomic mass is 16.4. The van der Waals surface area contributed by atoms with Gasteiger partial charge < -0.3 is 10.8 Å². The molecule has 0 aliphatic heterocycles. The molecule has 19 heavy (non-hydrogen) atoms. The summed E-state index contributed by atoms with van der Waals surface area (Å²) < 4.78 is 0. The SMILES string of the molecule is CC(C)(C)c1cc([C@H](N)C(=O)O)cc(C(C)(C)C)c1. The molecule has 3 nitrogen and oxygen atoms in total. The average molecular weight is 263 g/mol. The van der Waals surface area contributed by atoms with E-state index in [0.29, 0.717) is 5.56 Å². The third kappa shape index (κ3) is 3.80. The summed E-state index contributed by atoms with van der Waals surface area (Å²) in [6.45, 7) is 12.7. The fraction of sp³-hybridized carbons (Fsp3) is 0.562. The van der Waals surface area contributed by atoms with E-state index in [1.165, 1.54) is 0 Å². The maximum atomic E-state index is 11.1. The molecule has 106 valence electrons. The highest BCUT2D eigenvalue weighted by molar-refractivity contribution is 5.75. The fourth-order valence-electron chi connectivity index (χ4n) is 1.84. The van der Waals surface area contributed by atoms with E-state index in [1.807, 2.05) is 12.1 Å². The molecule has 0 fully saturated rings. The first kappa shape index (κ1) is 15.7. The van der Waals surface area contributed by atoms with Gasteiger partial charge >= 0.3 is 5.97 Å². The maximum absolute atomic E-state index is 11.1. The molecule has 0 saturated carbocycles. The Morgan fingerprint density at radius 3 is 1.63 bits per heavy atom. The number of nitrogens with two attached hydrogens (primary N) is 1. The van der Waals surface area contributed by atoms with Crippen LogP contribution in [-0.2, 0) is 15.6 Å². The predicted octanol–water partition coefficient (Wildman–Crippen LogP) is 3.37. The number of rotatable bonds is 2. The summed E-state index contributed by atoms with van der Waals surface area (Å²) in [5.74, 6) is -0.995. The van der Waals surface area contributed by atoms with Gasteiger partial charge in [-0.15, -0.1) is 0 Å². The van der Waals surface area contributed by atoms with Crippen LogP contribution in [0.15, 0.2) is 18.2 Å². The van der Waals surface area contributed by atoms with Gasteiger partial charge in [-0.05, 0) is 27.5 Å². The summed E-state index contributed by atoms with van der Waals surface area (Å²) in [7, 11) is 0. The third-order valence-electron chi connectivity index (χ3n) is 3.31. The van der Waals surface area contributed by atoms with Gasteiger partial charge in [0.15, 0.2) is 0 Å². The zero-order valence-electron chi connectivity index (χ0n) is 12.7. The lowest BCUT2D eigenvalue weighted by Gasteiger charge is -2.26. The molecule has 0 unspecified atom stereocenters. The van der Waals surface area contributed by atoms with Gasteiger partial charge in [-0.2, -0.15) is 0 Å². The van der Waals surface area contributed by atoms with Crippen LogP contribution in [0.3, 0.4) is 0 Å². The van der Waals surface area contributed by atoms with Gasteiger partial charge in [-0.25, -0.2) is 0 Å². The van der Waals surface area contributed by atoms with Gasteiger partial charge in [0.25, 0.3) is 0 Å². The molecule has 0 saturated heterocycles. The molecule has 0 amide bonds. The van der Waals surface area contributed by atoms with E-state index in [1.54, 1.807) is 0 Å². The molecule has 0 aromatic heterocycles. The van der Waals surface area contributed by atoms with Crippen molar-refractivity contribution >= 4 is 5.97 Å². The van der Waals surface area contributed by atoms with Crippen molar-refractivity contribution in [1.29, 1.82) is 0 Å². The van der Waals surface area contributed by atoms with Gasteiger partial charge in [-0.1, -0.05) is 59.7 Å². The van der Waals surface area contributed by atoms with E-state index in [4.69, 9.17) is 10.8 Å². The Kier molecular flexibility index (Phi) is 4.11. The number of benzene rings is 1. The molecule has 1 aromatic rings. The van der Waals surface area contributed by atoms with E-state index in [2.05, 4.69) is 47.6 Å². The highest BCUT2D eigenvalue weighted by Crippen LogP contribution is 2.31. The first-order valence-electron chi connectivity index (χ1n) is 6.57. The lowest BCUT2D eigenvalue weighted by molar-refractivity contribution is -0.138. The van der Waals surface area contributed by atoms with Crippen LogP contribution in [0.1, 0.15) is 64.3 Å². The van der Waals surface area contributed by atoms with Crippen molar-refractivity contribution < 1.29 is 9.90 Å². The molecule has 3 heteroatoms. The summed E-state index contributed by atoms with van der Waals surface area (Å²) in [6.07, 6.45) is 0. The Morgan fingerprint density at radius 2 is 1.37 bits per heavy atom. The van der Waals surface area contributed by atoms with E-state index >= 15 is 0 Å². The number of carboxylic acid groups (broad SMARTS) is 1. The summed E-state index contributed by atoms with van der Waals surface area (Å²) in [5.41, 5.74) is 8.60. The summed E-state index contributed by atoms with van der Waals surface area (Å²) in [4.78, 5) is 11.1. The van der Waals surface area contributed by atoms with Crippen molar-refractivity contribution in [3.63, 3.8) is 0 Å². The molecule has 0 aliphatic carbocycles. The van der Waals surface area contributed by atoms with Crippen LogP contribution in [0, 0.1) is 0 Å². The topological polar surface area (TPSA) is 63.3 Å². The molecule has 0 spiro atoms. The van der Waals surface area contributed by atoms with Gasteiger partial charge in [-0.3, -0.25) is 4.79 Å². The molecule has 0 aliphatic rings. The quantitative estimate of drug-likeness (QED) is 0.860. The number of hydrogen-bond donors (Lipinski definition) is 2. The molecular formula is C16H25NO2. The molecule has 0 radical (unpaired) electrons. The average Bonchev–Trinajstić information content (AvgIpc) is 2.24. The van der Waals surface area contributed by atoms with Crippen LogP contribution < -0.4 is 5.73 Å². The predicted molar refractivity (Wildman–Crippen MR) is 78.4 cm³/mol. The Balaban J connectivity index is 3.45. The minimum Gasteiger partial charge on any atom is -0.480 e. The van der Waals surface area contributed by atoms with E-state index in [9.17, 15) is 4.79 Å². The normalized spacial score (nSPS) is 14.3. The minimum absolute atomic E-state index is 0.0335. The third-order valence-corrected chi connectivity index (χ3v) is 3.31. The van der Waals surface area contributed by atoms with Crippen molar-refractivity contribution in [2.75, 3.05) is 0 Å². The minimum atomic E-state index is -0.995. The number of hydrogen-bond acceptors (Lipinski definition) is 2. The lowest BCUT2D eigenvalue weighted by Crippen LogP contribution is -2.23. The van der Waals surface area contributed by atoms with E-state index in [0.717, 1.165) is 11.1 Å². The molecular weight excluding hydrogens is 238 g/mol. The van der Waals surface area contributed by atoms with Gasteiger partial charge in [0.05, 0.1) is 0 Å². The van der Waals surface area contributed by atoms with Crippen LogP contribution in [0.2, 0.25) is 0 Å². The summed E-state index contributed by atoms with van der Waals surface area (Å²) in [6, 6.07) is 5.00. The lowest BCUT2D eigenvalue weighted by atomic mass is 9.79. The molecule has 3 N–H and O–H groups in total. The van der Waals surface area contributed by atoms with Crippen molar-refractivity contribution in [3.8, 4) is 0 Å². The second-order valence-electron chi connectivity index (χ2n) is 7.16. The smallest absolute Gasteiger partial charge is 0.325 e. The van der Waals surface area contributed by atoms with Gasteiger partial charge in [0.2, 0.25) is 0 Å². The standard InChI is InChI=1S/C16H25NO2/c1-15(2,3)11-7-10(13(17)14(18)19)8-12(9-11)16(4,5)6/h7-9,13H,17H2,1-6H3,(H,18,19)/t13-/m0/s1. The molecule has 0 heterocycles. The van der Waals surface area contributed by atoms with Crippen molar-refractivity contribution in [2.45, 2.75) is 58.4 Å². The van der Waals surface area contributed by atoms with Crippen molar-refractivity contribution in [2.24, 2.45) is 5.73 Å². The molecule has 1 aromatic carbocycles. The fourth-order valence-corrected chi connectivity index (χ4v) is 1.84. The maximum Gasteiger partial charge on any atom is 0.325 e. The number of carboxylic acids is 1. The molecule has 1 atom stereocenters. The Labute approximate surface area is 115 Å². The van der Waals surface area contributed by atoms with Gasteiger partial charge in [0, 0.05) is 0 Å². The Morgan fingerprint density at radius 1 is 1.00 bits per heavy atom. The first-order chi connectivity index (χ1) is 8.43. The zero-order valence-corrected chi connectivity index (χ0v) is 12.7. The molecule has 1 rings (SSSR count). The summed E-state index contributed by atoms with van der Waals surface area (Å²) in [5, 5.41) is 9.10. The monoisotopic (exact) mass is 263 g/mol. The molecule has 0 bridgehead atoms. The zero-order chi connectivity index (χ0) is 15.0. The first-order valence-corrected chi connectivity index (χ1v) is 6.57. The van der Waals surface area contributed by atoms with Crippen LogP contribution in [0.4, 0.5) is 0 Å². The van der Waals surface area contributed by atoms with Crippen LogP contribution in [-0.4, -0.2) is 11.1 Å². The number of aliphatic carboxylic acids is 1. The highest BCUT2D eigenvalue weighted by Gasteiger charge is 2.23. The Hall–Kier alpha value is -1.35. The Bertz CT molecular complexity index is 446. The number of carbonyl (C=O) groups is 1. The van der Waals surface area contributed by atoms with Crippen LogP contribution in [0.5, 0.6) is 0 Å². The second-order valence-corrected chi connectivity index (χ2v) is 7.16. The van der Waals surface area contributed by atoms with Crippen LogP contribution >= 0.6 is 0 Å². The van der Waals surface area contributed by atoms with E-state index in [-0.39, 0.29) is 10.8 Å². The largest absolute Gasteiger partial charge is 0.480 e. The second kappa shape index (κ2) is 4.97.